The summed E-state index contributed by atoms with van der Waals surface area (Å²) in [4.78, 5) is 26.4. The lowest BCUT2D eigenvalue weighted by atomic mass is 10.2. The van der Waals surface area contributed by atoms with E-state index in [2.05, 4.69) is 0 Å². The molecule has 0 saturated carbocycles. The van der Waals surface area contributed by atoms with Crippen LogP contribution in [-0.2, 0) is 19.6 Å². The number of likely N-dealkylation sites (N-methyl/N-ethyl adjacent to an activating group) is 2. The number of benzene rings is 1. The van der Waals surface area contributed by atoms with Gasteiger partial charge in [-0.05, 0) is 23.8 Å². The van der Waals surface area contributed by atoms with Crippen LogP contribution in [-0.4, -0.2) is 83.2 Å². The van der Waals surface area contributed by atoms with Crippen molar-refractivity contribution in [2.75, 3.05) is 48.9 Å². The standard InChI is InChI=1S/C17H25N3O5S/c1-18(2)17(22)12-20(5)16(21)10-8-13-7-9-14(25-6)15(11-13)26(23,24)19(3)4/h7-11H,12H2,1-6H3/b10-8+. The van der Waals surface area contributed by atoms with E-state index in [0.29, 0.717) is 5.56 Å². The zero-order valence-electron chi connectivity index (χ0n) is 15.9. The Hall–Kier alpha value is -2.39. The fourth-order valence-electron chi connectivity index (χ4n) is 1.91. The van der Waals surface area contributed by atoms with Gasteiger partial charge in [-0.15, -0.1) is 0 Å². The number of hydrogen-bond acceptors (Lipinski definition) is 5. The summed E-state index contributed by atoms with van der Waals surface area (Å²) >= 11 is 0. The maximum Gasteiger partial charge on any atom is 0.246 e. The van der Waals surface area contributed by atoms with E-state index in [1.54, 1.807) is 20.2 Å². The van der Waals surface area contributed by atoms with E-state index in [0.717, 1.165) is 4.31 Å². The molecule has 26 heavy (non-hydrogen) atoms. The highest BCUT2D eigenvalue weighted by molar-refractivity contribution is 7.89. The van der Waals surface area contributed by atoms with Crippen molar-refractivity contribution in [2.24, 2.45) is 0 Å². The fourth-order valence-corrected chi connectivity index (χ4v) is 3.00. The maximum absolute atomic E-state index is 12.4. The summed E-state index contributed by atoms with van der Waals surface area (Å²) in [5, 5.41) is 0. The van der Waals surface area contributed by atoms with Crippen LogP contribution >= 0.6 is 0 Å². The number of amides is 2. The lowest BCUT2D eigenvalue weighted by Gasteiger charge is -2.17. The van der Waals surface area contributed by atoms with Crippen molar-refractivity contribution in [2.45, 2.75) is 4.90 Å². The van der Waals surface area contributed by atoms with E-state index in [9.17, 15) is 18.0 Å². The maximum atomic E-state index is 12.4. The van der Waals surface area contributed by atoms with E-state index in [4.69, 9.17) is 4.74 Å². The quantitative estimate of drug-likeness (QED) is 0.640. The molecule has 2 amide bonds. The number of carbonyl (C=O) groups is 2. The summed E-state index contributed by atoms with van der Waals surface area (Å²) in [6.07, 6.45) is 2.78. The highest BCUT2D eigenvalue weighted by Crippen LogP contribution is 2.27. The Morgan fingerprint density at radius 2 is 1.73 bits per heavy atom. The van der Waals surface area contributed by atoms with Gasteiger partial charge >= 0.3 is 0 Å². The molecule has 0 aromatic heterocycles. The predicted molar refractivity (Wildman–Crippen MR) is 99.2 cm³/mol. The lowest BCUT2D eigenvalue weighted by Crippen LogP contribution is -2.36. The highest BCUT2D eigenvalue weighted by atomic mass is 32.2. The minimum atomic E-state index is -3.69. The van der Waals surface area contributed by atoms with E-state index >= 15 is 0 Å². The number of carbonyl (C=O) groups excluding carboxylic acids is 2. The third-order valence-electron chi connectivity index (χ3n) is 3.61. The molecular formula is C17H25N3O5S. The summed E-state index contributed by atoms with van der Waals surface area (Å²) < 4.78 is 31.0. The van der Waals surface area contributed by atoms with E-state index in [1.807, 2.05) is 0 Å². The van der Waals surface area contributed by atoms with Crippen molar-refractivity contribution in [3.8, 4) is 5.75 Å². The molecule has 0 N–H and O–H groups in total. The molecular weight excluding hydrogens is 358 g/mol. The summed E-state index contributed by atoms with van der Waals surface area (Å²) in [5.41, 5.74) is 0.520. The molecule has 0 fully saturated rings. The Morgan fingerprint density at radius 3 is 2.23 bits per heavy atom. The molecule has 1 rings (SSSR count). The molecule has 0 heterocycles. The van der Waals surface area contributed by atoms with E-state index in [-0.39, 0.29) is 29.0 Å². The van der Waals surface area contributed by atoms with Gasteiger partial charge in [-0.25, -0.2) is 12.7 Å². The van der Waals surface area contributed by atoms with Crippen LogP contribution in [0.5, 0.6) is 5.75 Å². The van der Waals surface area contributed by atoms with Crippen LogP contribution in [0.4, 0.5) is 0 Å². The van der Waals surface area contributed by atoms with Crippen LogP contribution in [0.15, 0.2) is 29.2 Å². The van der Waals surface area contributed by atoms with Gasteiger partial charge in [-0.2, -0.15) is 0 Å². The van der Waals surface area contributed by atoms with Crippen molar-refractivity contribution >= 4 is 27.9 Å². The van der Waals surface area contributed by atoms with Crippen molar-refractivity contribution < 1.29 is 22.7 Å². The first-order valence-corrected chi connectivity index (χ1v) is 9.18. The second-order valence-corrected chi connectivity index (χ2v) is 8.13. The average Bonchev–Trinajstić information content (AvgIpc) is 2.58. The van der Waals surface area contributed by atoms with Gasteiger partial charge in [-0.3, -0.25) is 9.59 Å². The zero-order chi connectivity index (χ0) is 20.1. The molecule has 0 bridgehead atoms. The van der Waals surface area contributed by atoms with Crippen molar-refractivity contribution in [3.05, 3.63) is 29.8 Å². The van der Waals surface area contributed by atoms with Gasteiger partial charge in [0, 0.05) is 41.3 Å². The molecule has 1 aromatic carbocycles. The molecule has 144 valence electrons. The first kappa shape index (κ1) is 21.7. The van der Waals surface area contributed by atoms with Gasteiger partial charge in [-0.1, -0.05) is 6.07 Å². The van der Waals surface area contributed by atoms with Crippen molar-refractivity contribution in [1.29, 1.82) is 0 Å². The number of sulfonamides is 1. The molecule has 0 saturated heterocycles. The highest BCUT2D eigenvalue weighted by Gasteiger charge is 2.22. The van der Waals surface area contributed by atoms with Gasteiger partial charge in [0.25, 0.3) is 0 Å². The molecule has 0 aliphatic rings. The second-order valence-electron chi connectivity index (χ2n) is 6.01. The lowest BCUT2D eigenvalue weighted by molar-refractivity contribution is -0.135. The molecule has 0 unspecified atom stereocenters. The molecule has 9 heteroatoms. The number of methoxy groups -OCH3 is 1. The topological polar surface area (TPSA) is 87.2 Å². The van der Waals surface area contributed by atoms with Crippen LogP contribution in [0, 0.1) is 0 Å². The summed E-state index contributed by atoms with van der Waals surface area (Å²) in [6, 6.07) is 4.60. The van der Waals surface area contributed by atoms with Gasteiger partial charge in [0.2, 0.25) is 21.8 Å². The molecule has 0 radical (unpaired) electrons. The Labute approximate surface area is 154 Å². The third kappa shape index (κ3) is 5.30. The smallest absolute Gasteiger partial charge is 0.246 e. The van der Waals surface area contributed by atoms with Gasteiger partial charge < -0.3 is 14.5 Å². The minimum absolute atomic E-state index is 0.00994. The van der Waals surface area contributed by atoms with Crippen molar-refractivity contribution in [3.63, 3.8) is 0 Å². The van der Waals surface area contributed by atoms with Gasteiger partial charge in [0.1, 0.15) is 10.6 Å². The first-order chi connectivity index (χ1) is 12.0. The number of nitrogens with zero attached hydrogens (tertiary/aromatic N) is 3. The Morgan fingerprint density at radius 1 is 1.12 bits per heavy atom. The number of hydrogen-bond donors (Lipinski definition) is 0. The van der Waals surface area contributed by atoms with Crippen LogP contribution in [0.25, 0.3) is 6.08 Å². The van der Waals surface area contributed by atoms with Gasteiger partial charge in [0.05, 0.1) is 13.7 Å². The summed E-state index contributed by atoms with van der Waals surface area (Å²) in [6.45, 7) is -0.0426. The summed E-state index contributed by atoms with van der Waals surface area (Å²) in [5.74, 6) is -0.345. The van der Waals surface area contributed by atoms with E-state index < -0.39 is 10.0 Å². The number of rotatable bonds is 7. The second kappa shape index (κ2) is 8.81. The summed E-state index contributed by atoms with van der Waals surface area (Å²) in [7, 11) is 5.29. The Bertz CT molecular complexity index is 801. The largest absolute Gasteiger partial charge is 0.495 e. The fraction of sp³-hybridized carbons (Fsp3) is 0.412. The normalized spacial score (nSPS) is 11.7. The predicted octanol–water partition coefficient (Wildman–Crippen LogP) is 0.505. The molecule has 0 aliphatic carbocycles. The molecule has 1 aromatic rings. The zero-order valence-corrected chi connectivity index (χ0v) is 16.7. The average molecular weight is 383 g/mol. The molecule has 0 atom stereocenters. The molecule has 8 nitrogen and oxygen atoms in total. The van der Waals surface area contributed by atoms with Gasteiger partial charge in [0.15, 0.2) is 0 Å². The van der Waals surface area contributed by atoms with Crippen molar-refractivity contribution in [1.82, 2.24) is 14.1 Å². The third-order valence-corrected chi connectivity index (χ3v) is 5.45. The van der Waals surface area contributed by atoms with Crippen LogP contribution in [0.3, 0.4) is 0 Å². The minimum Gasteiger partial charge on any atom is -0.495 e. The van der Waals surface area contributed by atoms with Crippen LogP contribution in [0.1, 0.15) is 5.56 Å². The Balaban J connectivity index is 3.05. The monoisotopic (exact) mass is 383 g/mol. The molecule has 0 aliphatic heterocycles. The van der Waals surface area contributed by atoms with E-state index in [1.165, 1.54) is 62.3 Å². The Kier molecular flexibility index (Phi) is 7.34. The molecule has 0 spiro atoms. The van der Waals surface area contributed by atoms with Crippen LogP contribution < -0.4 is 4.74 Å². The SMILES string of the molecule is COc1ccc(/C=C/C(=O)N(C)CC(=O)N(C)C)cc1S(=O)(=O)N(C)C. The first-order valence-electron chi connectivity index (χ1n) is 7.74. The van der Waals surface area contributed by atoms with Crippen LogP contribution in [0.2, 0.25) is 0 Å². The number of ether oxygens (including phenoxy) is 1.